The molecule has 1 aliphatic rings. The van der Waals surface area contributed by atoms with E-state index in [9.17, 15) is 13.2 Å². The molecule has 0 spiro atoms. The highest BCUT2D eigenvalue weighted by molar-refractivity contribution is 7.89. The van der Waals surface area contributed by atoms with Crippen molar-refractivity contribution in [3.63, 3.8) is 0 Å². The summed E-state index contributed by atoms with van der Waals surface area (Å²) in [6.45, 7) is 2.54. The first-order valence-electron chi connectivity index (χ1n) is 7.33. The topological polar surface area (TPSA) is 102 Å². The minimum Gasteiger partial charge on any atom is -0.492 e. The van der Waals surface area contributed by atoms with Gasteiger partial charge in [-0.15, -0.1) is 0 Å². The number of sulfonamides is 1. The first-order valence-corrected chi connectivity index (χ1v) is 9.15. The summed E-state index contributed by atoms with van der Waals surface area (Å²) in [7, 11) is -3.81. The molecule has 1 aromatic carbocycles. The van der Waals surface area contributed by atoms with Crippen LogP contribution in [0.1, 0.15) is 19.8 Å². The molecule has 1 aromatic rings. The van der Waals surface area contributed by atoms with E-state index in [4.69, 9.17) is 22.2 Å². The minimum absolute atomic E-state index is 0.0145. The fourth-order valence-electron chi connectivity index (χ4n) is 2.59. The highest BCUT2D eigenvalue weighted by Gasteiger charge is 2.34. The van der Waals surface area contributed by atoms with E-state index in [1.165, 1.54) is 16.4 Å². The fraction of sp³-hybridized carbons (Fsp3) is 0.500. The highest BCUT2D eigenvalue weighted by Crippen LogP contribution is 2.32. The molecule has 3 N–H and O–H groups in total. The molecular formula is C14H20ClN3O4S. The van der Waals surface area contributed by atoms with Crippen molar-refractivity contribution in [2.24, 2.45) is 11.8 Å². The third kappa shape index (κ3) is 3.95. The number of benzene rings is 1. The van der Waals surface area contributed by atoms with E-state index in [0.29, 0.717) is 31.0 Å². The van der Waals surface area contributed by atoms with Crippen LogP contribution in [0.25, 0.3) is 0 Å². The average molecular weight is 362 g/mol. The van der Waals surface area contributed by atoms with Gasteiger partial charge in [-0.25, -0.2) is 14.3 Å². The molecule has 0 unspecified atom stereocenters. The van der Waals surface area contributed by atoms with Gasteiger partial charge in [-0.3, -0.25) is 10.2 Å². The lowest BCUT2D eigenvalue weighted by atomic mass is 9.99. The van der Waals surface area contributed by atoms with Gasteiger partial charge in [0.1, 0.15) is 10.6 Å². The number of halogens is 1. The zero-order chi connectivity index (χ0) is 17.0. The van der Waals surface area contributed by atoms with Crippen molar-refractivity contribution in [1.29, 1.82) is 0 Å². The van der Waals surface area contributed by atoms with Crippen molar-refractivity contribution in [1.82, 2.24) is 9.73 Å². The van der Waals surface area contributed by atoms with Gasteiger partial charge in [0, 0.05) is 18.1 Å². The number of rotatable bonds is 5. The summed E-state index contributed by atoms with van der Waals surface area (Å²) < 4.78 is 32.5. The molecular weight excluding hydrogens is 342 g/mol. The Labute approximate surface area is 140 Å². The van der Waals surface area contributed by atoms with Gasteiger partial charge < -0.3 is 4.74 Å². The third-order valence-corrected chi connectivity index (χ3v) is 5.84. The first kappa shape index (κ1) is 18.0. The zero-order valence-corrected chi connectivity index (χ0v) is 14.4. The number of piperidine rings is 1. The van der Waals surface area contributed by atoms with E-state index in [1.54, 1.807) is 13.0 Å². The Bertz CT molecular complexity index is 681. The molecule has 0 saturated carbocycles. The Morgan fingerprint density at radius 2 is 2.26 bits per heavy atom. The molecule has 7 nitrogen and oxygen atoms in total. The molecule has 0 aromatic heterocycles. The molecule has 1 atom stereocenters. The smallest absolute Gasteiger partial charge is 0.246 e. The van der Waals surface area contributed by atoms with E-state index in [1.807, 2.05) is 0 Å². The standard InChI is InChI=1S/C14H20ClN3O4S/c1-2-22-12-6-5-11(15)8-13(12)23(20,21)18-7-3-4-10(9-18)14(19)17-16/h5-6,8,10H,2-4,7,9,16H2,1H3,(H,17,19)/t10-/m1/s1. The molecule has 0 radical (unpaired) electrons. The van der Waals surface area contributed by atoms with Gasteiger partial charge in [0.2, 0.25) is 15.9 Å². The molecule has 9 heteroatoms. The van der Waals surface area contributed by atoms with Crippen molar-refractivity contribution in [2.45, 2.75) is 24.7 Å². The number of hydrogen-bond donors (Lipinski definition) is 2. The Hall–Kier alpha value is -1.35. The highest BCUT2D eigenvalue weighted by atomic mass is 35.5. The van der Waals surface area contributed by atoms with Crippen molar-refractivity contribution >= 4 is 27.5 Å². The lowest BCUT2D eigenvalue weighted by molar-refractivity contribution is -0.126. The second-order valence-electron chi connectivity index (χ2n) is 5.23. The third-order valence-electron chi connectivity index (χ3n) is 3.72. The van der Waals surface area contributed by atoms with Crippen LogP contribution in [0.4, 0.5) is 0 Å². The monoisotopic (exact) mass is 361 g/mol. The fourth-order valence-corrected chi connectivity index (χ4v) is 4.51. The van der Waals surface area contributed by atoms with Crippen molar-refractivity contribution in [3.05, 3.63) is 23.2 Å². The van der Waals surface area contributed by atoms with Crippen molar-refractivity contribution in [3.8, 4) is 5.75 Å². The van der Waals surface area contributed by atoms with Crippen LogP contribution in [0, 0.1) is 5.92 Å². The predicted molar refractivity (Wildman–Crippen MR) is 86.4 cm³/mol. The number of hydrazine groups is 1. The maximum absolute atomic E-state index is 12.9. The lowest BCUT2D eigenvalue weighted by Crippen LogP contribution is -2.46. The normalized spacial score (nSPS) is 19.3. The number of ether oxygens (including phenoxy) is 1. The summed E-state index contributed by atoms with van der Waals surface area (Å²) in [6, 6.07) is 4.48. The molecule has 1 heterocycles. The van der Waals surface area contributed by atoms with Gasteiger partial charge in [-0.1, -0.05) is 11.6 Å². The SMILES string of the molecule is CCOc1ccc(Cl)cc1S(=O)(=O)N1CCC[C@@H](C(=O)NN)C1. The maximum atomic E-state index is 12.9. The van der Waals surface area contributed by atoms with Crippen LogP contribution < -0.4 is 16.0 Å². The summed E-state index contributed by atoms with van der Waals surface area (Å²) in [4.78, 5) is 11.7. The van der Waals surface area contributed by atoms with Crippen LogP contribution >= 0.6 is 11.6 Å². The van der Waals surface area contributed by atoms with Crippen LogP contribution in [0.15, 0.2) is 23.1 Å². The number of nitrogens with one attached hydrogen (secondary N) is 1. The molecule has 0 bridgehead atoms. The number of nitrogens with two attached hydrogens (primary N) is 1. The van der Waals surface area contributed by atoms with Crippen LogP contribution in [0.3, 0.4) is 0 Å². The summed E-state index contributed by atoms with van der Waals surface area (Å²) in [5.41, 5.74) is 2.08. The van der Waals surface area contributed by atoms with Crippen LogP contribution in [0.5, 0.6) is 5.75 Å². The van der Waals surface area contributed by atoms with Gasteiger partial charge in [0.15, 0.2) is 0 Å². The average Bonchev–Trinajstić information content (AvgIpc) is 2.56. The Morgan fingerprint density at radius 3 is 2.91 bits per heavy atom. The number of carbonyl (C=O) groups excluding carboxylic acids is 1. The molecule has 1 saturated heterocycles. The van der Waals surface area contributed by atoms with Crippen molar-refractivity contribution < 1.29 is 17.9 Å². The molecule has 1 fully saturated rings. The van der Waals surface area contributed by atoms with Crippen LogP contribution in [-0.4, -0.2) is 38.3 Å². The largest absolute Gasteiger partial charge is 0.492 e. The maximum Gasteiger partial charge on any atom is 0.246 e. The number of amides is 1. The van der Waals surface area contributed by atoms with Gasteiger partial charge in [0.05, 0.1) is 12.5 Å². The van der Waals surface area contributed by atoms with Gasteiger partial charge in [-0.2, -0.15) is 4.31 Å². The summed E-state index contributed by atoms with van der Waals surface area (Å²) in [5.74, 6) is 4.58. The summed E-state index contributed by atoms with van der Waals surface area (Å²) >= 11 is 5.94. The quantitative estimate of drug-likeness (QED) is 0.465. The number of hydrogen-bond acceptors (Lipinski definition) is 5. The second-order valence-corrected chi connectivity index (χ2v) is 7.58. The van der Waals surface area contributed by atoms with Crippen molar-refractivity contribution in [2.75, 3.05) is 19.7 Å². The minimum atomic E-state index is -3.81. The molecule has 2 rings (SSSR count). The lowest BCUT2D eigenvalue weighted by Gasteiger charge is -2.31. The van der Waals surface area contributed by atoms with E-state index < -0.39 is 15.9 Å². The van der Waals surface area contributed by atoms with Gasteiger partial charge in [0.25, 0.3) is 0 Å². The number of nitrogens with zero attached hydrogens (tertiary/aromatic N) is 1. The van der Waals surface area contributed by atoms with Gasteiger partial charge in [-0.05, 0) is 38.0 Å². The predicted octanol–water partition coefficient (Wildman–Crippen LogP) is 1.13. The molecule has 0 aliphatic carbocycles. The van der Waals surface area contributed by atoms with E-state index >= 15 is 0 Å². The molecule has 128 valence electrons. The Kier molecular flexibility index (Phi) is 5.85. The number of carbonyl (C=O) groups is 1. The molecule has 1 amide bonds. The van der Waals surface area contributed by atoms with E-state index in [0.717, 1.165) is 0 Å². The Morgan fingerprint density at radius 1 is 1.52 bits per heavy atom. The second kappa shape index (κ2) is 7.48. The summed E-state index contributed by atoms with van der Waals surface area (Å²) in [5, 5.41) is 0.306. The summed E-state index contributed by atoms with van der Waals surface area (Å²) in [6.07, 6.45) is 1.19. The molecule has 1 aliphatic heterocycles. The van der Waals surface area contributed by atoms with E-state index in [-0.39, 0.29) is 23.1 Å². The van der Waals surface area contributed by atoms with Crippen LogP contribution in [-0.2, 0) is 14.8 Å². The zero-order valence-electron chi connectivity index (χ0n) is 12.8. The molecule has 23 heavy (non-hydrogen) atoms. The van der Waals surface area contributed by atoms with E-state index in [2.05, 4.69) is 5.43 Å². The van der Waals surface area contributed by atoms with Crippen LogP contribution in [0.2, 0.25) is 5.02 Å². The Balaban J connectivity index is 2.34. The van der Waals surface area contributed by atoms with Gasteiger partial charge >= 0.3 is 0 Å². The first-order chi connectivity index (χ1) is 10.9.